The molecule has 7 heteroatoms. The van der Waals surface area contributed by atoms with E-state index in [1.54, 1.807) is 15.8 Å². The van der Waals surface area contributed by atoms with Crippen molar-refractivity contribution in [2.45, 2.75) is 42.5 Å². The number of ether oxygens (including phenoxy) is 1. The van der Waals surface area contributed by atoms with Crippen molar-refractivity contribution in [1.82, 2.24) is 4.31 Å². The summed E-state index contributed by atoms with van der Waals surface area (Å²) in [4.78, 5) is 0. The summed E-state index contributed by atoms with van der Waals surface area (Å²) in [6.45, 7) is 2.40. The van der Waals surface area contributed by atoms with Gasteiger partial charge in [-0.2, -0.15) is 4.31 Å². The lowest BCUT2D eigenvalue weighted by Gasteiger charge is -2.36. The van der Waals surface area contributed by atoms with E-state index in [-0.39, 0.29) is 16.3 Å². The molecule has 0 radical (unpaired) electrons. The summed E-state index contributed by atoms with van der Waals surface area (Å²) in [6, 6.07) is 1.40. The molecule has 108 valence electrons. The van der Waals surface area contributed by atoms with Crippen LogP contribution in [0.4, 0.5) is 0 Å². The smallest absolute Gasteiger partial charge is 0.256 e. The predicted molar refractivity (Wildman–Crippen MR) is 76.1 cm³/mol. The van der Waals surface area contributed by atoms with E-state index in [2.05, 4.69) is 0 Å². The van der Waals surface area contributed by atoms with Crippen molar-refractivity contribution in [3.63, 3.8) is 0 Å². The highest BCUT2D eigenvalue weighted by Gasteiger charge is 2.37. The van der Waals surface area contributed by atoms with E-state index in [1.165, 1.54) is 18.4 Å². The number of methoxy groups -OCH3 is 1. The molecule has 19 heavy (non-hydrogen) atoms. The molecule has 2 rings (SSSR count). The zero-order chi connectivity index (χ0) is 14.0. The first kappa shape index (κ1) is 14.8. The highest BCUT2D eigenvalue weighted by Crippen LogP contribution is 2.35. The van der Waals surface area contributed by atoms with Gasteiger partial charge in [-0.05, 0) is 31.2 Å². The fourth-order valence-electron chi connectivity index (χ4n) is 2.48. The van der Waals surface area contributed by atoms with Crippen LogP contribution in [0.5, 0.6) is 5.75 Å². The van der Waals surface area contributed by atoms with Gasteiger partial charge in [0.2, 0.25) is 0 Å². The third kappa shape index (κ3) is 2.79. The van der Waals surface area contributed by atoms with Crippen LogP contribution in [-0.2, 0) is 10.0 Å². The number of thiophene rings is 1. The Balaban J connectivity index is 2.37. The standard InChI is InChI=1S/C12H20N2O3S2/c1-9(13)10-5-3-4-7-14(10)19(15,16)12-11(17-2)6-8-18-12/h6,8-10H,3-5,7,13H2,1-2H3/t9-,10-/m1/s1. The average molecular weight is 304 g/mol. The molecule has 1 aromatic heterocycles. The third-order valence-corrected chi connectivity index (χ3v) is 6.81. The van der Waals surface area contributed by atoms with Gasteiger partial charge in [-0.3, -0.25) is 0 Å². The average Bonchev–Trinajstić information content (AvgIpc) is 2.87. The van der Waals surface area contributed by atoms with Crippen LogP contribution in [0.15, 0.2) is 15.7 Å². The highest BCUT2D eigenvalue weighted by atomic mass is 32.2. The molecule has 5 nitrogen and oxygen atoms in total. The van der Waals surface area contributed by atoms with E-state index in [9.17, 15) is 8.42 Å². The van der Waals surface area contributed by atoms with Gasteiger partial charge in [-0.15, -0.1) is 11.3 Å². The van der Waals surface area contributed by atoms with Crippen LogP contribution < -0.4 is 10.5 Å². The summed E-state index contributed by atoms with van der Waals surface area (Å²) >= 11 is 1.19. The molecule has 1 aliphatic rings. The molecule has 0 spiro atoms. The lowest BCUT2D eigenvalue weighted by Crippen LogP contribution is -2.51. The summed E-state index contributed by atoms with van der Waals surface area (Å²) < 4.78 is 32.5. The number of rotatable bonds is 4. The Morgan fingerprint density at radius 3 is 2.89 bits per heavy atom. The van der Waals surface area contributed by atoms with Gasteiger partial charge >= 0.3 is 0 Å². The third-order valence-electron chi connectivity index (χ3n) is 3.46. The van der Waals surface area contributed by atoms with Crippen LogP contribution in [-0.4, -0.2) is 38.5 Å². The van der Waals surface area contributed by atoms with Crippen molar-refractivity contribution in [3.05, 3.63) is 11.4 Å². The SMILES string of the molecule is COc1ccsc1S(=O)(=O)N1CCCC[C@@H]1[C@@H](C)N. The fraction of sp³-hybridized carbons (Fsp3) is 0.667. The van der Waals surface area contributed by atoms with E-state index in [4.69, 9.17) is 10.5 Å². The monoisotopic (exact) mass is 304 g/mol. The second-order valence-electron chi connectivity index (χ2n) is 4.81. The number of hydrogen-bond donors (Lipinski definition) is 1. The zero-order valence-electron chi connectivity index (χ0n) is 11.2. The second-order valence-corrected chi connectivity index (χ2v) is 7.82. The van der Waals surface area contributed by atoms with Gasteiger partial charge in [-0.1, -0.05) is 6.42 Å². The van der Waals surface area contributed by atoms with Gasteiger partial charge in [0.25, 0.3) is 10.0 Å². The maximum absolute atomic E-state index is 12.7. The number of nitrogens with two attached hydrogens (primary N) is 1. The molecule has 0 aromatic carbocycles. The molecular formula is C12H20N2O3S2. The Kier molecular flexibility index (Phi) is 4.50. The molecule has 0 bridgehead atoms. The molecule has 2 N–H and O–H groups in total. The lowest BCUT2D eigenvalue weighted by molar-refractivity contribution is 0.227. The number of sulfonamides is 1. The Morgan fingerprint density at radius 1 is 1.53 bits per heavy atom. The van der Waals surface area contributed by atoms with Crippen LogP contribution in [0, 0.1) is 0 Å². The molecule has 0 saturated carbocycles. The summed E-state index contributed by atoms with van der Waals surface area (Å²) in [7, 11) is -2.02. The maximum atomic E-state index is 12.7. The number of hydrogen-bond acceptors (Lipinski definition) is 5. The van der Waals surface area contributed by atoms with Gasteiger partial charge in [0.1, 0.15) is 5.75 Å². The molecule has 1 saturated heterocycles. The van der Waals surface area contributed by atoms with Gasteiger partial charge in [0, 0.05) is 18.6 Å². The predicted octanol–water partition coefficient (Wildman–Crippen LogP) is 1.65. The Hall–Kier alpha value is -0.630. The molecule has 0 amide bonds. The van der Waals surface area contributed by atoms with Crippen LogP contribution in [0.2, 0.25) is 0 Å². The first-order valence-electron chi connectivity index (χ1n) is 6.37. The second kappa shape index (κ2) is 5.78. The Bertz CT molecular complexity index is 525. The molecule has 1 aliphatic heterocycles. The van der Waals surface area contributed by atoms with Crippen LogP contribution >= 0.6 is 11.3 Å². The zero-order valence-corrected chi connectivity index (χ0v) is 12.8. The maximum Gasteiger partial charge on any atom is 0.256 e. The van der Waals surface area contributed by atoms with Crippen LogP contribution in [0.25, 0.3) is 0 Å². The minimum absolute atomic E-state index is 0.120. The molecule has 1 aromatic rings. The summed E-state index contributed by atoms with van der Waals surface area (Å²) in [5.74, 6) is 0.416. The van der Waals surface area contributed by atoms with Crippen molar-refractivity contribution in [1.29, 1.82) is 0 Å². The quantitative estimate of drug-likeness (QED) is 0.918. The van der Waals surface area contributed by atoms with E-state index < -0.39 is 10.0 Å². The molecule has 2 heterocycles. The van der Waals surface area contributed by atoms with E-state index in [0.29, 0.717) is 12.3 Å². The highest BCUT2D eigenvalue weighted by molar-refractivity contribution is 7.91. The first-order valence-corrected chi connectivity index (χ1v) is 8.69. The molecular weight excluding hydrogens is 284 g/mol. The lowest BCUT2D eigenvalue weighted by atomic mass is 10.00. The Morgan fingerprint density at radius 2 is 2.26 bits per heavy atom. The van der Waals surface area contributed by atoms with Gasteiger partial charge < -0.3 is 10.5 Å². The van der Waals surface area contributed by atoms with Gasteiger partial charge in [-0.25, -0.2) is 8.42 Å². The van der Waals surface area contributed by atoms with Crippen molar-refractivity contribution in [2.75, 3.05) is 13.7 Å². The molecule has 2 atom stereocenters. The Labute approximate surface area is 118 Å². The van der Waals surface area contributed by atoms with Crippen molar-refractivity contribution < 1.29 is 13.2 Å². The minimum atomic E-state index is -3.51. The van der Waals surface area contributed by atoms with Gasteiger partial charge in [0.05, 0.1) is 7.11 Å². The topological polar surface area (TPSA) is 72.6 Å². The normalized spacial score (nSPS) is 23.2. The van der Waals surface area contributed by atoms with Crippen molar-refractivity contribution >= 4 is 21.4 Å². The van der Waals surface area contributed by atoms with Crippen molar-refractivity contribution in [2.24, 2.45) is 5.73 Å². The van der Waals surface area contributed by atoms with Gasteiger partial charge in [0.15, 0.2) is 4.21 Å². The minimum Gasteiger partial charge on any atom is -0.494 e. The van der Waals surface area contributed by atoms with E-state index in [1.807, 2.05) is 6.92 Å². The van der Waals surface area contributed by atoms with Crippen molar-refractivity contribution in [3.8, 4) is 5.75 Å². The largest absolute Gasteiger partial charge is 0.494 e. The van der Waals surface area contributed by atoms with E-state index >= 15 is 0 Å². The summed E-state index contributed by atoms with van der Waals surface area (Å²) in [5, 5.41) is 1.73. The molecule has 0 aliphatic carbocycles. The van der Waals surface area contributed by atoms with E-state index in [0.717, 1.165) is 19.3 Å². The summed E-state index contributed by atoms with van der Waals surface area (Å²) in [6.07, 6.45) is 2.74. The fourth-order valence-corrected chi connectivity index (χ4v) is 5.65. The van der Waals surface area contributed by atoms with Crippen LogP contribution in [0.3, 0.4) is 0 Å². The number of nitrogens with zero attached hydrogens (tertiary/aromatic N) is 1. The first-order chi connectivity index (χ1) is 8.98. The molecule has 1 fully saturated rings. The summed E-state index contributed by atoms with van der Waals surface area (Å²) in [5.41, 5.74) is 5.94. The van der Waals surface area contributed by atoms with Crippen LogP contribution in [0.1, 0.15) is 26.2 Å². The number of piperidine rings is 1. The molecule has 0 unspecified atom stereocenters.